The van der Waals surface area contributed by atoms with Gasteiger partial charge in [-0.25, -0.2) is 4.39 Å². The van der Waals surface area contributed by atoms with Crippen LogP contribution in [0.25, 0.3) is 0 Å². The quantitative estimate of drug-likeness (QED) is 0.707. The average molecular weight is 183 g/mol. The molecule has 0 fully saturated rings. The number of hydrogen-bond donors (Lipinski definition) is 1. The predicted octanol–water partition coefficient (Wildman–Crippen LogP) is 1.88. The van der Waals surface area contributed by atoms with Gasteiger partial charge in [0.25, 0.3) is 0 Å². The van der Waals surface area contributed by atoms with Gasteiger partial charge in [-0.3, -0.25) is 0 Å². The summed E-state index contributed by atoms with van der Waals surface area (Å²) >= 11 is 0. The molecule has 0 bridgehead atoms. The molecular formula is C10H14FNO. The molecule has 2 nitrogen and oxygen atoms in total. The van der Waals surface area contributed by atoms with E-state index in [0.717, 1.165) is 12.2 Å². The number of benzene rings is 1. The van der Waals surface area contributed by atoms with Crippen molar-refractivity contribution in [2.75, 3.05) is 13.2 Å². The van der Waals surface area contributed by atoms with Gasteiger partial charge in [0.15, 0.2) is 0 Å². The molecule has 1 aromatic rings. The second kappa shape index (κ2) is 5.54. The van der Waals surface area contributed by atoms with Crippen molar-refractivity contribution in [2.24, 2.45) is 5.73 Å². The van der Waals surface area contributed by atoms with Crippen molar-refractivity contribution in [3.63, 3.8) is 0 Å². The largest absolute Gasteiger partial charge is 0.494 e. The third kappa shape index (κ3) is 3.42. The first-order valence-corrected chi connectivity index (χ1v) is 4.34. The molecule has 0 saturated heterocycles. The van der Waals surface area contributed by atoms with Crippen molar-refractivity contribution in [2.45, 2.75) is 13.1 Å². The van der Waals surface area contributed by atoms with Gasteiger partial charge >= 0.3 is 0 Å². The third-order valence-corrected chi connectivity index (χ3v) is 1.69. The maximum Gasteiger partial charge on any atom is 0.119 e. The van der Waals surface area contributed by atoms with Gasteiger partial charge in [-0.1, -0.05) is 12.1 Å². The molecule has 72 valence electrons. The zero-order valence-corrected chi connectivity index (χ0v) is 7.50. The molecule has 0 unspecified atom stereocenters. The Bertz CT molecular complexity index is 235. The number of nitrogens with two attached hydrogens (primary N) is 1. The summed E-state index contributed by atoms with van der Waals surface area (Å²) < 4.78 is 17.4. The Balaban J connectivity index is 2.40. The lowest BCUT2D eigenvalue weighted by Gasteiger charge is -2.04. The molecule has 0 radical (unpaired) electrons. The first kappa shape index (κ1) is 9.99. The molecule has 0 amide bonds. The molecule has 3 heteroatoms. The van der Waals surface area contributed by atoms with E-state index < -0.39 is 6.67 Å². The number of hydrogen-bond acceptors (Lipinski definition) is 2. The van der Waals surface area contributed by atoms with E-state index in [2.05, 4.69) is 0 Å². The molecule has 13 heavy (non-hydrogen) atoms. The van der Waals surface area contributed by atoms with Crippen molar-refractivity contribution in [1.29, 1.82) is 0 Å². The first-order chi connectivity index (χ1) is 6.36. The van der Waals surface area contributed by atoms with E-state index in [1.807, 2.05) is 0 Å². The Morgan fingerprint density at radius 1 is 1.23 bits per heavy atom. The maximum absolute atomic E-state index is 12.1. The van der Waals surface area contributed by atoms with Crippen LogP contribution < -0.4 is 10.5 Å². The van der Waals surface area contributed by atoms with Crippen LogP contribution in [0.4, 0.5) is 4.39 Å². The van der Waals surface area contributed by atoms with Gasteiger partial charge in [-0.2, -0.15) is 0 Å². The number of rotatable bonds is 5. The zero-order chi connectivity index (χ0) is 9.52. The summed E-state index contributed by atoms with van der Waals surface area (Å²) in [7, 11) is 0. The molecule has 0 saturated carbocycles. The number of alkyl halides is 1. The normalized spacial score (nSPS) is 10.0. The minimum absolute atomic E-state index is 0.428. The van der Waals surface area contributed by atoms with Crippen molar-refractivity contribution < 1.29 is 9.13 Å². The Hall–Kier alpha value is -1.09. The number of halogens is 1. The van der Waals surface area contributed by atoms with Gasteiger partial charge in [-0.15, -0.1) is 0 Å². The minimum Gasteiger partial charge on any atom is -0.494 e. The Labute approximate surface area is 77.5 Å². The summed E-state index contributed by atoms with van der Waals surface area (Å²) in [6.45, 7) is 0.817. The van der Waals surface area contributed by atoms with Crippen LogP contribution in [-0.2, 0) is 6.67 Å². The smallest absolute Gasteiger partial charge is 0.119 e. The van der Waals surface area contributed by atoms with E-state index in [1.54, 1.807) is 24.3 Å². The van der Waals surface area contributed by atoms with Crippen molar-refractivity contribution in [1.82, 2.24) is 0 Å². The standard InChI is InChI=1S/C10H14FNO/c11-8-9-2-4-10(5-3-9)13-7-1-6-12/h2-5H,1,6-8,12H2. The lowest BCUT2D eigenvalue weighted by Crippen LogP contribution is -2.05. The van der Waals surface area contributed by atoms with E-state index in [1.165, 1.54) is 0 Å². The Morgan fingerprint density at radius 3 is 2.46 bits per heavy atom. The summed E-state index contributed by atoms with van der Waals surface area (Å²) in [6.07, 6.45) is 0.838. The predicted molar refractivity (Wildman–Crippen MR) is 50.4 cm³/mol. The SMILES string of the molecule is NCCCOc1ccc(CF)cc1. The van der Waals surface area contributed by atoms with Crippen LogP contribution in [0.15, 0.2) is 24.3 Å². The molecular weight excluding hydrogens is 169 g/mol. The second-order valence-electron chi connectivity index (χ2n) is 2.77. The summed E-state index contributed by atoms with van der Waals surface area (Å²) in [6, 6.07) is 6.98. The van der Waals surface area contributed by atoms with Crippen molar-refractivity contribution in [3.8, 4) is 5.75 Å². The van der Waals surface area contributed by atoms with Crippen LogP contribution >= 0.6 is 0 Å². The molecule has 1 rings (SSSR count). The number of ether oxygens (including phenoxy) is 1. The second-order valence-corrected chi connectivity index (χ2v) is 2.77. The molecule has 0 spiro atoms. The zero-order valence-electron chi connectivity index (χ0n) is 7.50. The molecule has 0 aromatic heterocycles. The van der Waals surface area contributed by atoms with Crippen LogP contribution in [0.2, 0.25) is 0 Å². The lowest BCUT2D eigenvalue weighted by molar-refractivity contribution is 0.313. The molecule has 2 N–H and O–H groups in total. The van der Waals surface area contributed by atoms with Gasteiger partial charge in [0.05, 0.1) is 6.61 Å². The van der Waals surface area contributed by atoms with Gasteiger partial charge in [-0.05, 0) is 30.7 Å². The van der Waals surface area contributed by atoms with Crippen LogP contribution in [-0.4, -0.2) is 13.2 Å². The van der Waals surface area contributed by atoms with Crippen LogP contribution in [0.5, 0.6) is 5.75 Å². The van der Waals surface area contributed by atoms with Gasteiger partial charge in [0, 0.05) is 0 Å². The van der Waals surface area contributed by atoms with Crippen LogP contribution in [0, 0.1) is 0 Å². The Kier molecular flexibility index (Phi) is 4.26. The highest BCUT2D eigenvalue weighted by Crippen LogP contribution is 2.12. The summed E-state index contributed by atoms with van der Waals surface area (Å²) in [4.78, 5) is 0. The van der Waals surface area contributed by atoms with Crippen molar-refractivity contribution in [3.05, 3.63) is 29.8 Å². The monoisotopic (exact) mass is 183 g/mol. The van der Waals surface area contributed by atoms with Gasteiger partial charge in [0.1, 0.15) is 12.4 Å². The fourth-order valence-electron chi connectivity index (χ4n) is 0.948. The van der Waals surface area contributed by atoms with E-state index in [9.17, 15) is 4.39 Å². The lowest BCUT2D eigenvalue weighted by atomic mass is 10.2. The van der Waals surface area contributed by atoms with Gasteiger partial charge < -0.3 is 10.5 Å². The highest BCUT2D eigenvalue weighted by Gasteiger charge is 1.94. The molecule has 1 aromatic carbocycles. The molecule has 0 atom stereocenters. The van der Waals surface area contributed by atoms with E-state index >= 15 is 0 Å². The van der Waals surface area contributed by atoms with Gasteiger partial charge in [0.2, 0.25) is 0 Å². The van der Waals surface area contributed by atoms with E-state index in [4.69, 9.17) is 10.5 Å². The molecule has 0 aliphatic carbocycles. The summed E-state index contributed by atoms with van der Waals surface area (Å²) in [5.41, 5.74) is 5.98. The van der Waals surface area contributed by atoms with E-state index in [-0.39, 0.29) is 0 Å². The average Bonchev–Trinajstić information content (AvgIpc) is 2.19. The fraction of sp³-hybridized carbons (Fsp3) is 0.400. The Morgan fingerprint density at radius 2 is 1.92 bits per heavy atom. The fourth-order valence-corrected chi connectivity index (χ4v) is 0.948. The highest BCUT2D eigenvalue weighted by atomic mass is 19.1. The summed E-state index contributed by atoms with van der Waals surface area (Å²) in [5.74, 6) is 0.769. The minimum atomic E-state index is -0.428. The molecule has 0 heterocycles. The van der Waals surface area contributed by atoms with Crippen LogP contribution in [0.1, 0.15) is 12.0 Å². The third-order valence-electron chi connectivity index (χ3n) is 1.69. The molecule has 0 aliphatic rings. The van der Waals surface area contributed by atoms with Crippen LogP contribution in [0.3, 0.4) is 0 Å². The summed E-state index contributed by atoms with van der Waals surface area (Å²) in [5, 5.41) is 0. The van der Waals surface area contributed by atoms with Crippen molar-refractivity contribution >= 4 is 0 Å². The maximum atomic E-state index is 12.1. The topological polar surface area (TPSA) is 35.2 Å². The first-order valence-electron chi connectivity index (χ1n) is 4.34. The van der Waals surface area contributed by atoms with E-state index in [0.29, 0.717) is 18.7 Å². The molecule has 0 aliphatic heterocycles. The highest BCUT2D eigenvalue weighted by molar-refractivity contribution is 5.26.